The van der Waals surface area contributed by atoms with Crippen LogP contribution in [0.4, 0.5) is 5.13 Å². The average Bonchev–Trinajstić information content (AvgIpc) is 3.16. The molecule has 3 aromatic rings. The van der Waals surface area contributed by atoms with Crippen LogP contribution < -0.4 is 5.32 Å². The molecule has 2 heterocycles. The third-order valence-electron chi connectivity index (χ3n) is 3.18. The average molecular weight is 347 g/mol. The van der Waals surface area contributed by atoms with E-state index in [0.717, 1.165) is 21.7 Å². The fourth-order valence-corrected chi connectivity index (χ4v) is 3.93. The smallest absolute Gasteiger partial charge is 0.267 e. The first kappa shape index (κ1) is 15.3. The van der Waals surface area contributed by atoms with E-state index in [1.807, 2.05) is 23.8 Å². The number of nitrogens with one attached hydrogen (secondary N) is 1. The van der Waals surface area contributed by atoms with E-state index < -0.39 is 0 Å². The fraction of sp³-hybridized carbons (Fsp3) is 0.125. The van der Waals surface area contributed by atoms with Gasteiger partial charge in [-0.3, -0.25) is 10.1 Å². The third-order valence-corrected chi connectivity index (χ3v) is 5.70. The maximum atomic E-state index is 12.2. The van der Waals surface area contributed by atoms with Crippen LogP contribution in [0.15, 0.2) is 46.0 Å². The van der Waals surface area contributed by atoms with E-state index in [-0.39, 0.29) is 5.91 Å². The molecule has 22 heavy (non-hydrogen) atoms. The first-order valence-electron chi connectivity index (χ1n) is 6.63. The predicted molar refractivity (Wildman–Crippen MR) is 96.3 cm³/mol. The molecule has 1 aromatic carbocycles. The van der Waals surface area contributed by atoms with Gasteiger partial charge in [-0.25, -0.2) is 4.98 Å². The maximum absolute atomic E-state index is 12.2. The number of hydrogen-bond acceptors (Lipinski definition) is 5. The van der Waals surface area contributed by atoms with E-state index in [2.05, 4.69) is 40.8 Å². The van der Waals surface area contributed by atoms with Crippen molar-refractivity contribution in [2.24, 2.45) is 0 Å². The Morgan fingerprint density at radius 2 is 1.95 bits per heavy atom. The number of aryl methyl sites for hydroxylation is 1. The number of thiazole rings is 1. The van der Waals surface area contributed by atoms with Gasteiger partial charge in [-0.2, -0.15) is 0 Å². The van der Waals surface area contributed by atoms with Crippen molar-refractivity contribution in [3.05, 3.63) is 51.5 Å². The Balaban J connectivity index is 1.76. The van der Waals surface area contributed by atoms with E-state index in [9.17, 15) is 4.79 Å². The predicted octanol–water partition coefficient (Wildman–Crippen LogP) is 5.15. The minimum absolute atomic E-state index is 0.0915. The Bertz CT molecular complexity index is 790. The second kappa shape index (κ2) is 6.64. The van der Waals surface area contributed by atoms with Gasteiger partial charge in [-0.15, -0.1) is 34.4 Å². The molecule has 0 unspecified atom stereocenters. The van der Waals surface area contributed by atoms with Crippen molar-refractivity contribution in [2.75, 3.05) is 11.6 Å². The summed E-state index contributed by atoms with van der Waals surface area (Å²) < 4.78 is 0. The van der Waals surface area contributed by atoms with Gasteiger partial charge in [0.05, 0.1) is 10.6 Å². The van der Waals surface area contributed by atoms with Gasteiger partial charge in [-0.1, -0.05) is 12.1 Å². The summed E-state index contributed by atoms with van der Waals surface area (Å²) in [6.07, 6.45) is 2.05. The van der Waals surface area contributed by atoms with Crippen LogP contribution in [0.2, 0.25) is 0 Å². The number of carbonyl (C=O) groups is 1. The highest BCUT2D eigenvalue weighted by Crippen LogP contribution is 2.27. The summed E-state index contributed by atoms with van der Waals surface area (Å²) in [6, 6.07) is 10.2. The second-order valence-corrected chi connectivity index (χ2v) is 7.31. The van der Waals surface area contributed by atoms with Crippen molar-refractivity contribution >= 4 is 45.5 Å². The molecule has 0 aliphatic carbocycles. The summed E-state index contributed by atoms with van der Waals surface area (Å²) >= 11 is 4.60. The molecule has 6 heteroatoms. The van der Waals surface area contributed by atoms with Gasteiger partial charge in [0.1, 0.15) is 0 Å². The number of hydrogen-bond donors (Lipinski definition) is 1. The van der Waals surface area contributed by atoms with Crippen molar-refractivity contribution < 1.29 is 4.79 Å². The minimum atomic E-state index is -0.0915. The van der Waals surface area contributed by atoms with Crippen LogP contribution >= 0.6 is 34.4 Å². The molecule has 0 saturated carbocycles. The number of thioether (sulfide) groups is 1. The molecule has 1 N–H and O–H groups in total. The molecule has 0 aliphatic rings. The Hall–Kier alpha value is -1.63. The number of carbonyl (C=O) groups excluding carboxylic acids is 1. The molecule has 0 saturated heterocycles. The van der Waals surface area contributed by atoms with Crippen LogP contribution in [0.3, 0.4) is 0 Å². The Morgan fingerprint density at radius 1 is 1.18 bits per heavy atom. The number of rotatable bonds is 4. The minimum Gasteiger partial charge on any atom is -0.297 e. The molecule has 0 spiro atoms. The second-order valence-electron chi connectivity index (χ2n) is 4.65. The van der Waals surface area contributed by atoms with Gasteiger partial charge in [0, 0.05) is 15.8 Å². The SMILES string of the molecule is CSc1ccc(-c2csc(NC(=O)c3sccc3C)n2)cc1. The molecular formula is C16H14N2OS3. The van der Waals surface area contributed by atoms with E-state index >= 15 is 0 Å². The lowest BCUT2D eigenvalue weighted by Crippen LogP contribution is -2.10. The summed E-state index contributed by atoms with van der Waals surface area (Å²) in [5, 5.41) is 7.38. The zero-order valence-corrected chi connectivity index (χ0v) is 14.6. The van der Waals surface area contributed by atoms with Crippen molar-refractivity contribution in [1.29, 1.82) is 0 Å². The van der Waals surface area contributed by atoms with Crippen molar-refractivity contribution in [3.8, 4) is 11.3 Å². The van der Waals surface area contributed by atoms with Crippen molar-refractivity contribution in [2.45, 2.75) is 11.8 Å². The first-order chi connectivity index (χ1) is 10.7. The number of aromatic nitrogens is 1. The monoisotopic (exact) mass is 346 g/mol. The van der Waals surface area contributed by atoms with Crippen LogP contribution in [0, 0.1) is 6.92 Å². The normalized spacial score (nSPS) is 10.6. The fourth-order valence-electron chi connectivity index (χ4n) is 1.98. The molecule has 0 fully saturated rings. The van der Waals surface area contributed by atoms with Crippen LogP contribution in [-0.4, -0.2) is 17.1 Å². The van der Waals surface area contributed by atoms with E-state index in [1.165, 1.54) is 27.6 Å². The highest BCUT2D eigenvalue weighted by molar-refractivity contribution is 7.98. The lowest BCUT2D eigenvalue weighted by atomic mass is 10.2. The van der Waals surface area contributed by atoms with Crippen molar-refractivity contribution in [3.63, 3.8) is 0 Å². The number of benzene rings is 1. The van der Waals surface area contributed by atoms with E-state index in [0.29, 0.717) is 5.13 Å². The van der Waals surface area contributed by atoms with Gasteiger partial charge in [-0.05, 0) is 42.3 Å². The molecule has 3 nitrogen and oxygen atoms in total. The lowest BCUT2D eigenvalue weighted by Gasteiger charge is -2.01. The Morgan fingerprint density at radius 3 is 2.59 bits per heavy atom. The quantitative estimate of drug-likeness (QED) is 0.664. The molecule has 0 bridgehead atoms. The van der Waals surface area contributed by atoms with Crippen LogP contribution in [0.5, 0.6) is 0 Å². The molecular weight excluding hydrogens is 332 g/mol. The van der Waals surface area contributed by atoms with Crippen LogP contribution in [-0.2, 0) is 0 Å². The standard InChI is InChI=1S/C16H14N2OS3/c1-10-7-8-21-14(10)15(19)18-16-17-13(9-22-16)11-3-5-12(20-2)6-4-11/h3-9H,1-2H3,(H,17,18,19). The Labute approximate surface area is 141 Å². The molecule has 0 atom stereocenters. The number of amides is 1. The van der Waals surface area contributed by atoms with Crippen molar-refractivity contribution in [1.82, 2.24) is 4.98 Å². The molecule has 3 rings (SSSR count). The maximum Gasteiger partial charge on any atom is 0.267 e. The first-order valence-corrected chi connectivity index (χ1v) is 9.61. The Kier molecular flexibility index (Phi) is 4.61. The zero-order valence-electron chi connectivity index (χ0n) is 12.1. The van der Waals surface area contributed by atoms with Crippen LogP contribution in [0.1, 0.15) is 15.2 Å². The lowest BCUT2D eigenvalue weighted by molar-refractivity contribution is 0.103. The van der Waals surface area contributed by atoms with E-state index in [4.69, 9.17) is 0 Å². The highest BCUT2D eigenvalue weighted by atomic mass is 32.2. The summed E-state index contributed by atoms with van der Waals surface area (Å²) in [7, 11) is 0. The molecule has 0 radical (unpaired) electrons. The zero-order chi connectivity index (χ0) is 15.5. The largest absolute Gasteiger partial charge is 0.297 e. The summed E-state index contributed by atoms with van der Waals surface area (Å²) in [5.74, 6) is -0.0915. The molecule has 0 aliphatic heterocycles. The number of anilines is 1. The molecule has 112 valence electrons. The van der Waals surface area contributed by atoms with Gasteiger partial charge in [0.2, 0.25) is 0 Å². The summed E-state index contributed by atoms with van der Waals surface area (Å²) in [6.45, 7) is 1.94. The third kappa shape index (κ3) is 3.24. The number of thiophene rings is 1. The molecule has 1 amide bonds. The topological polar surface area (TPSA) is 42.0 Å². The summed E-state index contributed by atoms with van der Waals surface area (Å²) in [5.41, 5.74) is 2.93. The van der Waals surface area contributed by atoms with E-state index in [1.54, 1.807) is 11.8 Å². The van der Waals surface area contributed by atoms with Gasteiger partial charge in [0.25, 0.3) is 5.91 Å². The highest BCUT2D eigenvalue weighted by Gasteiger charge is 2.13. The van der Waals surface area contributed by atoms with Crippen LogP contribution in [0.25, 0.3) is 11.3 Å². The van der Waals surface area contributed by atoms with Gasteiger partial charge >= 0.3 is 0 Å². The van der Waals surface area contributed by atoms with Gasteiger partial charge in [0.15, 0.2) is 5.13 Å². The molecule has 2 aromatic heterocycles. The van der Waals surface area contributed by atoms with Gasteiger partial charge < -0.3 is 0 Å². The number of nitrogens with zero attached hydrogens (tertiary/aromatic N) is 1. The summed E-state index contributed by atoms with van der Waals surface area (Å²) in [4.78, 5) is 18.6.